The van der Waals surface area contributed by atoms with Gasteiger partial charge in [0.05, 0.1) is 32.8 Å². The lowest BCUT2D eigenvalue weighted by atomic mass is 9.75. The molecule has 3 rings (SSSR count). The molecule has 1 N–H and O–H groups in total. The molecule has 3 heterocycles. The number of nitrogens with zero attached hydrogens (tertiary/aromatic N) is 1. The molecule has 2 atom stereocenters. The number of fused-ring (bicyclic) bond motifs is 3. The topological polar surface area (TPSA) is 20.2 Å². The van der Waals surface area contributed by atoms with Crippen LogP contribution in [0.15, 0.2) is 0 Å². The zero-order valence-electron chi connectivity index (χ0n) is 8.16. The average Bonchev–Trinajstić information content (AvgIpc) is 2.04. The van der Waals surface area contributed by atoms with Crippen LogP contribution in [0.3, 0.4) is 0 Å². The molecule has 0 amide bonds. The quantitative estimate of drug-likeness (QED) is 0.579. The minimum Gasteiger partial charge on any atom is -0.393 e. The molecule has 2 bridgehead atoms. The average molecular weight is 170 g/mol. The van der Waals surface area contributed by atoms with Gasteiger partial charge in [0.2, 0.25) is 0 Å². The second-order valence-corrected chi connectivity index (χ2v) is 4.99. The van der Waals surface area contributed by atoms with Crippen LogP contribution in [-0.2, 0) is 0 Å². The Hall–Kier alpha value is -0.0800. The van der Waals surface area contributed by atoms with Crippen molar-refractivity contribution in [1.82, 2.24) is 0 Å². The number of hydrogen-bond donors (Lipinski definition) is 1. The summed E-state index contributed by atoms with van der Waals surface area (Å²) in [6.45, 7) is 5.85. The van der Waals surface area contributed by atoms with E-state index in [-0.39, 0.29) is 6.10 Å². The van der Waals surface area contributed by atoms with E-state index in [9.17, 15) is 5.11 Å². The summed E-state index contributed by atoms with van der Waals surface area (Å²) in [6, 6.07) is 0. The molecule has 3 aliphatic heterocycles. The van der Waals surface area contributed by atoms with Gasteiger partial charge in [-0.05, 0) is 12.8 Å². The summed E-state index contributed by atoms with van der Waals surface area (Å²) in [5, 5.41) is 9.60. The summed E-state index contributed by atoms with van der Waals surface area (Å²) in [7, 11) is 2.34. The first kappa shape index (κ1) is 8.52. The number of hydrogen-bond acceptors (Lipinski definition) is 1. The van der Waals surface area contributed by atoms with Gasteiger partial charge in [0.15, 0.2) is 0 Å². The van der Waals surface area contributed by atoms with E-state index in [1.165, 1.54) is 37.0 Å². The van der Waals surface area contributed by atoms with Crippen LogP contribution in [-0.4, -0.2) is 42.4 Å². The van der Waals surface area contributed by atoms with Gasteiger partial charge in [0.1, 0.15) is 0 Å². The van der Waals surface area contributed by atoms with Gasteiger partial charge in [0.25, 0.3) is 0 Å². The van der Waals surface area contributed by atoms with E-state index in [1.807, 2.05) is 6.92 Å². The number of piperidine rings is 3. The zero-order chi connectivity index (χ0) is 8.77. The van der Waals surface area contributed by atoms with Gasteiger partial charge in [-0.15, -0.1) is 0 Å². The zero-order valence-corrected chi connectivity index (χ0v) is 8.16. The molecule has 3 fully saturated rings. The van der Waals surface area contributed by atoms with Crippen molar-refractivity contribution in [2.45, 2.75) is 25.9 Å². The Labute approximate surface area is 74.8 Å². The van der Waals surface area contributed by atoms with Crippen molar-refractivity contribution in [3.05, 3.63) is 0 Å². The van der Waals surface area contributed by atoms with Gasteiger partial charge in [-0.3, -0.25) is 0 Å². The first-order valence-corrected chi connectivity index (χ1v) is 5.12. The molecule has 3 aliphatic rings. The second-order valence-electron chi connectivity index (χ2n) is 4.99. The van der Waals surface area contributed by atoms with Crippen LogP contribution in [0, 0.1) is 11.8 Å². The van der Waals surface area contributed by atoms with Crippen LogP contribution in [0.5, 0.6) is 0 Å². The number of aliphatic hydroxyl groups excluding tert-OH is 1. The van der Waals surface area contributed by atoms with Crippen molar-refractivity contribution < 1.29 is 9.59 Å². The fourth-order valence-electron chi connectivity index (χ4n) is 3.03. The molecule has 3 saturated heterocycles. The lowest BCUT2D eigenvalue weighted by molar-refractivity contribution is -0.929. The summed E-state index contributed by atoms with van der Waals surface area (Å²) in [6.07, 6.45) is 2.59. The van der Waals surface area contributed by atoms with Crippen LogP contribution in [0.1, 0.15) is 19.8 Å². The first-order chi connectivity index (χ1) is 5.61. The van der Waals surface area contributed by atoms with E-state index in [0.29, 0.717) is 5.92 Å². The molecule has 0 aromatic rings. The predicted molar refractivity (Wildman–Crippen MR) is 48.7 cm³/mol. The summed E-state index contributed by atoms with van der Waals surface area (Å²) in [4.78, 5) is 0. The minimum atomic E-state index is -0.0898. The molecule has 2 nitrogen and oxygen atoms in total. The number of aliphatic hydroxyl groups is 1. The van der Waals surface area contributed by atoms with Crippen LogP contribution in [0.2, 0.25) is 0 Å². The predicted octanol–water partition coefficient (Wildman–Crippen LogP) is 0.854. The van der Waals surface area contributed by atoms with E-state index >= 15 is 0 Å². The van der Waals surface area contributed by atoms with Crippen LogP contribution in [0.25, 0.3) is 0 Å². The Balaban J connectivity index is 2.11. The second kappa shape index (κ2) is 2.71. The van der Waals surface area contributed by atoms with E-state index < -0.39 is 0 Å². The summed E-state index contributed by atoms with van der Waals surface area (Å²) in [5.41, 5.74) is 0. The lowest BCUT2D eigenvalue weighted by Crippen LogP contribution is -2.61. The third kappa shape index (κ3) is 1.27. The third-order valence-corrected chi connectivity index (χ3v) is 3.96. The van der Waals surface area contributed by atoms with Crippen molar-refractivity contribution in [1.29, 1.82) is 0 Å². The molecule has 70 valence electrons. The highest BCUT2D eigenvalue weighted by Crippen LogP contribution is 2.37. The van der Waals surface area contributed by atoms with E-state index in [1.54, 1.807) is 0 Å². The maximum Gasteiger partial charge on any atom is 0.0840 e. The SMILES string of the molecule is CC(O)C1C[N+]2(C)CCC1CC2. The summed E-state index contributed by atoms with van der Waals surface area (Å²) < 4.78 is 1.21. The van der Waals surface area contributed by atoms with Gasteiger partial charge in [-0.2, -0.15) is 0 Å². The highest BCUT2D eigenvalue weighted by molar-refractivity contribution is 4.82. The Morgan fingerprint density at radius 3 is 2.25 bits per heavy atom. The van der Waals surface area contributed by atoms with Crippen LogP contribution >= 0.6 is 0 Å². The monoisotopic (exact) mass is 170 g/mol. The largest absolute Gasteiger partial charge is 0.393 e. The molecule has 12 heavy (non-hydrogen) atoms. The van der Waals surface area contributed by atoms with Crippen molar-refractivity contribution in [3.8, 4) is 0 Å². The minimum absolute atomic E-state index is 0.0898. The maximum absolute atomic E-state index is 9.60. The molecule has 2 heteroatoms. The number of rotatable bonds is 1. The molecule has 0 aromatic carbocycles. The highest BCUT2D eigenvalue weighted by Gasteiger charge is 2.44. The van der Waals surface area contributed by atoms with Crippen molar-refractivity contribution in [2.75, 3.05) is 26.7 Å². The lowest BCUT2D eigenvalue weighted by Gasteiger charge is -2.51. The molecular weight excluding hydrogens is 150 g/mol. The summed E-state index contributed by atoms with van der Waals surface area (Å²) in [5.74, 6) is 1.41. The van der Waals surface area contributed by atoms with E-state index in [2.05, 4.69) is 7.05 Å². The van der Waals surface area contributed by atoms with Crippen LogP contribution in [0.4, 0.5) is 0 Å². The third-order valence-electron chi connectivity index (χ3n) is 3.96. The molecule has 0 aromatic heterocycles. The van der Waals surface area contributed by atoms with Gasteiger partial charge >= 0.3 is 0 Å². The van der Waals surface area contributed by atoms with Gasteiger partial charge in [-0.25, -0.2) is 0 Å². The molecule has 0 spiro atoms. The first-order valence-electron chi connectivity index (χ1n) is 5.12. The fraction of sp³-hybridized carbons (Fsp3) is 1.00. The number of quaternary nitrogens is 1. The Morgan fingerprint density at radius 1 is 1.33 bits per heavy atom. The normalized spacial score (nSPS) is 49.2. The fourth-order valence-corrected chi connectivity index (χ4v) is 3.03. The van der Waals surface area contributed by atoms with Crippen molar-refractivity contribution in [3.63, 3.8) is 0 Å². The molecule has 0 aliphatic carbocycles. The molecule has 2 unspecified atom stereocenters. The molecule has 0 radical (unpaired) electrons. The van der Waals surface area contributed by atoms with Gasteiger partial charge in [-0.1, -0.05) is 0 Å². The van der Waals surface area contributed by atoms with Gasteiger partial charge < -0.3 is 9.59 Å². The maximum atomic E-state index is 9.60. The Morgan fingerprint density at radius 2 is 1.92 bits per heavy atom. The molecule has 0 saturated carbocycles. The Bertz CT molecular complexity index is 171. The summed E-state index contributed by atoms with van der Waals surface area (Å²) >= 11 is 0. The van der Waals surface area contributed by atoms with E-state index in [4.69, 9.17) is 0 Å². The smallest absolute Gasteiger partial charge is 0.0840 e. The van der Waals surface area contributed by atoms with Crippen molar-refractivity contribution >= 4 is 0 Å². The van der Waals surface area contributed by atoms with Crippen molar-refractivity contribution in [2.24, 2.45) is 11.8 Å². The highest BCUT2D eigenvalue weighted by atomic mass is 16.3. The standard InChI is InChI=1S/C10H20NO/c1-8(12)10-7-11(2)5-3-9(10)4-6-11/h8-10,12H,3-7H2,1-2H3/q+1. The van der Waals surface area contributed by atoms with Crippen LogP contribution < -0.4 is 0 Å². The van der Waals surface area contributed by atoms with Gasteiger partial charge in [0, 0.05) is 18.8 Å². The van der Waals surface area contributed by atoms with E-state index in [0.717, 1.165) is 5.92 Å². The molecular formula is C10H20NO+. The Kier molecular flexibility index (Phi) is 1.92.